The van der Waals surface area contributed by atoms with Crippen LogP contribution in [-0.2, 0) is 22.6 Å². The van der Waals surface area contributed by atoms with Crippen LogP contribution in [0, 0.1) is 6.92 Å². The SMILES string of the molecule is Cc1ccc(SCC(=O)Nc2cc(CC(=O)NCc3ccccc3)[nH]n2)cc1. The predicted octanol–water partition coefficient (Wildman–Crippen LogP) is 3.31. The average Bonchev–Trinajstić information content (AvgIpc) is 3.13. The molecule has 0 fully saturated rings. The van der Waals surface area contributed by atoms with Gasteiger partial charge in [0.1, 0.15) is 0 Å². The van der Waals surface area contributed by atoms with Crippen molar-refractivity contribution in [3.63, 3.8) is 0 Å². The molecule has 0 saturated heterocycles. The smallest absolute Gasteiger partial charge is 0.235 e. The van der Waals surface area contributed by atoms with E-state index in [0.717, 1.165) is 10.5 Å². The molecule has 28 heavy (non-hydrogen) atoms. The Morgan fingerprint density at radius 2 is 1.79 bits per heavy atom. The van der Waals surface area contributed by atoms with Gasteiger partial charge in [0.2, 0.25) is 11.8 Å². The molecule has 0 aliphatic carbocycles. The number of aromatic amines is 1. The van der Waals surface area contributed by atoms with Crippen LogP contribution in [0.2, 0.25) is 0 Å². The minimum atomic E-state index is -0.142. The van der Waals surface area contributed by atoms with Crippen LogP contribution in [0.3, 0.4) is 0 Å². The van der Waals surface area contributed by atoms with Gasteiger partial charge < -0.3 is 10.6 Å². The van der Waals surface area contributed by atoms with Gasteiger partial charge in [-0.05, 0) is 24.6 Å². The van der Waals surface area contributed by atoms with Crippen LogP contribution in [0.4, 0.5) is 5.82 Å². The summed E-state index contributed by atoms with van der Waals surface area (Å²) in [6.07, 6.45) is 0.174. The average molecular weight is 395 g/mol. The zero-order valence-electron chi connectivity index (χ0n) is 15.6. The maximum absolute atomic E-state index is 12.1. The molecule has 0 atom stereocenters. The number of aromatic nitrogens is 2. The Morgan fingerprint density at radius 1 is 1.04 bits per heavy atom. The summed E-state index contributed by atoms with van der Waals surface area (Å²) >= 11 is 1.46. The fourth-order valence-corrected chi connectivity index (χ4v) is 3.21. The number of aryl methyl sites for hydroxylation is 1. The van der Waals surface area contributed by atoms with Gasteiger partial charge in [-0.15, -0.1) is 11.8 Å². The first kappa shape index (κ1) is 19.7. The standard InChI is InChI=1S/C21H22N4O2S/c1-15-7-9-18(10-8-15)28-14-21(27)23-19-11-17(24-25-19)12-20(26)22-13-16-5-3-2-4-6-16/h2-11H,12-14H2,1H3,(H,22,26)(H2,23,24,25,27). The van der Waals surface area contributed by atoms with Crippen LogP contribution in [0.25, 0.3) is 0 Å². The number of carbonyl (C=O) groups excluding carboxylic acids is 2. The van der Waals surface area contributed by atoms with Gasteiger partial charge >= 0.3 is 0 Å². The van der Waals surface area contributed by atoms with E-state index in [0.29, 0.717) is 23.8 Å². The summed E-state index contributed by atoms with van der Waals surface area (Å²) in [6, 6.07) is 19.4. The topological polar surface area (TPSA) is 86.9 Å². The molecule has 2 amide bonds. The van der Waals surface area contributed by atoms with Crippen molar-refractivity contribution < 1.29 is 9.59 Å². The molecule has 7 heteroatoms. The van der Waals surface area contributed by atoms with E-state index in [1.54, 1.807) is 6.07 Å². The zero-order chi connectivity index (χ0) is 19.8. The van der Waals surface area contributed by atoms with Crippen LogP contribution in [-0.4, -0.2) is 27.8 Å². The fourth-order valence-electron chi connectivity index (χ4n) is 2.51. The molecule has 0 bridgehead atoms. The van der Waals surface area contributed by atoms with Gasteiger partial charge in [-0.3, -0.25) is 14.7 Å². The van der Waals surface area contributed by atoms with E-state index in [1.165, 1.54) is 17.3 Å². The lowest BCUT2D eigenvalue weighted by atomic mass is 10.2. The molecule has 0 aliphatic rings. The summed E-state index contributed by atoms with van der Waals surface area (Å²) in [6.45, 7) is 2.51. The van der Waals surface area contributed by atoms with Crippen molar-refractivity contribution in [3.8, 4) is 0 Å². The summed E-state index contributed by atoms with van der Waals surface area (Å²) in [5.41, 5.74) is 2.87. The lowest BCUT2D eigenvalue weighted by Crippen LogP contribution is -2.24. The molecular formula is C21H22N4O2S. The number of H-pyrrole nitrogens is 1. The second-order valence-electron chi connectivity index (χ2n) is 6.37. The molecule has 1 heterocycles. The van der Waals surface area contributed by atoms with Crippen LogP contribution >= 0.6 is 11.8 Å². The van der Waals surface area contributed by atoms with Gasteiger partial charge in [-0.1, -0.05) is 48.0 Å². The fraction of sp³-hybridized carbons (Fsp3) is 0.190. The number of anilines is 1. The lowest BCUT2D eigenvalue weighted by molar-refractivity contribution is -0.120. The van der Waals surface area contributed by atoms with E-state index in [-0.39, 0.29) is 18.2 Å². The minimum Gasteiger partial charge on any atom is -0.352 e. The summed E-state index contributed by atoms with van der Waals surface area (Å²) in [4.78, 5) is 25.2. The van der Waals surface area contributed by atoms with Crippen molar-refractivity contribution >= 4 is 29.4 Å². The van der Waals surface area contributed by atoms with Crippen LogP contribution < -0.4 is 10.6 Å². The number of hydrogen-bond donors (Lipinski definition) is 3. The van der Waals surface area contributed by atoms with Gasteiger partial charge in [-0.25, -0.2) is 0 Å². The molecule has 0 unspecified atom stereocenters. The minimum absolute atomic E-state index is 0.111. The molecule has 3 N–H and O–H groups in total. The maximum atomic E-state index is 12.1. The van der Waals surface area contributed by atoms with Gasteiger partial charge in [0, 0.05) is 23.2 Å². The third kappa shape index (κ3) is 6.28. The summed E-state index contributed by atoms with van der Waals surface area (Å²) in [5, 5.41) is 12.4. The van der Waals surface area contributed by atoms with E-state index in [9.17, 15) is 9.59 Å². The van der Waals surface area contributed by atoms with E-state index in [1.807, 2.05) is 61.5 Å². The first-order valence-electron chi connectivity index (χ1n) is 8.93. The number of hydrogen-bond acceptors (Lipinski definition) is 4. The Kier molecular flexibility index (Phi) is 6.86. The van der Waals surface area contributed by atoms with Crippen LogP contribution in [0.15, 0.2) is 65.6 Å². The van der Waals surface area contributed by atoms with E-state index < -0.39 is 0 Å². The molecule has 144 valence electrons. The number of rotatable bonds is 8. The van der Waals surface area contributed by atoms with Crippen molar-refractivity contribution in [3.05, 3.63) is 77.5 Å². The Labute approximate surface area is 168 Å². The zero-order valence-corrected chi connectivity index (χ0v) is 16.4. The van der Waals surface area contributed by atoms with Crippen LogP contribution in [0.5, 0.6) is 0 Å². The number of carbonyl (C=O) groups is 2. The highest BCUT2D eigenvalue weighted by atomic mass is 32.2. The van der Waals surface area contributed by atoms with E-state index >= 15 is 0 Å². The molecule has 2 aromatic carbocycles. The third-order valence-corrected chi connectivity index (χ3v) is 4.98. The molecule has 3 rings (SSSR count). The highest BCUT2D eigenvalue weighted by Gasteiger charge is 2.10. The molecule has 1 aromatic heterocycles. The molecule has 3 aromatic rings. The second kappa shape index (κ2) is 9.75. The Balaban J connectivity index is 1.42. The Hall–Kier alpha value is -3.06. The number of nitrogens with one attached hydrogen (secondary N) is 3. The van der Waals surface area contributed by atoms with E-state index in [4.69, 9.17) is 0 Å². The number of benzene rings is 2. The quantitative estimate of drug-likeness (QED) is 0.512. The van der Waals surface area contributed by atoms with Crippen molar-refractivity contribution in [1.29, 1.82) is 0 Å². The summed E-state index contributed by atoms with van der Waals surface area (Å²) in [7, 11) is 0. The molecule has 0 radical (unpaired) electrons. The highest BCUT2D eigenvalue weighted by Crippen LogP contribution is 2.18. The lowest BCUT2D eigenvalue weighted by Gasteiger charge is -2.04. The first-order valence-corrected chi connectivity index (χ1v) is 9.91. The molecule has 0 aliphatic heterocycles. The largest absolute Gasteiger partial charge is 0.352 e. The number of amides is 2. The van der Waals surface area contributed by atoms with Gasteiger partial charge in [-0.2, -0.15) is 5.10 Å². The molecule has 0 saturated carbocycles. The van der Waals surface area contributed by atoms with Gasteiger partial charge in [0.15, 0.2) is 5.82 Å². The van der Waals surface area contributed by atoms with Crippen molar-refractivity contribution in [2.45, 2.75) is 24.8 Å². The van der Waals surface area contributed by atoms with Crippen LogP contribution in [0.1, 0.15) is 16.8 Å². The van der Waals surface area contributed by atoms with Crippen molar-refractivity contribution in [2.24, 2.45) is 0 Å². The van der Waals surface area contributed by atoms with E-state index in [2.05, 4.69) is 20.8 Å². The summed E-state index contributed by atoms with van der Waals surface area (Å²) < 4.78 is 0. The molecular weight excluding hydrogens is 372 g/mol. The number of thioether (sulfide) groups is 1. The third-order valence-electron chi connectivity index (χ3n) is 3.97. The molecule has 0 spiro atoms. The Bertz CT molecular complexity index is 923. The summed E-state index contributed by atoms with van der Waals surface area (Å²) in [5.74, 6) is 0.459. The Morgan fingerprint density at radius 3 is 2.54 bits per heavy atom. The maximum Gasteiger partial charge on any atom is 0.235 e. The van der Waals surface area contributed by atoms with Crippen molar-refractivity contribution in [2.75, 3.05) is 11.1 Å². The van der Waals surface area contributed by atoms with Gasteiger partial charge in [0.25, 0.3) is 0 Å². The second-order valence-corrected chi connectivity index (χ2v) is 7.42. The first-order chi connectivity index (χ1) is 13.6. The number of nitrogens with zero attached hydrogens (tertiary/aromatic N) is 1. The van der Waals surface area contributed by atoms with Crippen molar-refractivity contribution in [1.82, 2.24) is 15.5 Å². The molecule has 6 nitrogen and oxygen atoms in total. The predicted molar refractivity (Wildman–Crippen MR) is 111 cm³/mol. The highest BCUT2D eigenvalue weighted by molar-refractivity contribution is 8.00. The van der Waals surface area contributed by atoms with Gasteiger partial charge in [0.05, 0.1) is 12.2 Å². The normalized spacial score (nSPS) is 10.5. The monoisotopic (exact) mass is 394 g/mol.